The summed E-state index contributed by atoms with van der Waals surface area (Å²) < 4.78 is 1.85. The van der Waals surface area contributed by atoms with E-state index in [1.807, 2.05) is 24.3 Å². The van der Waals surface area contributed by atoms with Crippen molar-refractivity contribution in [2.45, 2.75) is 6.42 Å². The Labute approximate surface area is 137 Å². The van der Waals surface area contributed by atoms with Crippen LogP contribution in [-0.2, 0) is 6.42 Å². The number of carbonyl (C=O) groups is 1. The number of hydrogen-bond donors (Lipinski definition) is 0. The summed E-state index contributed by atoms with van der Waals surface area (Å²) in [6, 6.07) is 16.2. The Balaban J connectivity index is 1.89. The fraction of sp³-hybridized carbons (Fsp3) is 0.0625. The van der Waals surface area contributed by atoms with Crippen LogP contribution in [0, 0.1) is 0 Å². The van der Waals surface area contributed by atoms with Crippen molar-refractivity contribution in [1.29, 1.82) is 0 Å². The molecule has 1 heterocycles. The van der Waals surface area contributed by atoms with E-state index in [1.165, 1.54) is 22.1 Å². The van der Waals surface area contributed by atoms with Gasteiger partial charge in [-0.1, -0.05) is 42.5 Å². The standard InChI is InChI=1S/C16H10Br2OS/c17-15-9-13(16(18)20-15)14(19)8-10-5-6-11-3-1-2-4-12(11)7-10/h1-7,9H,8H2. The van der Waals surface area contributed by atoms with Gasteiger partial charge in [0.05, 0.1) is 7.57 Å². The van der Waals surface area contributed by atoms with Gasteiger partial charge in [0.1, 0.15) is 0 Å². The Morgan fingerprint density at radius 3 is 2.45 bits per heavy atom. The summed E-state index contributed by atoms with van der Waals surface area (Å²) in [4.78, 5) is 12.3. The quantitative estimate of drug-likeness (QED) is 0.495. The topological polar surface area (TPSA) is 17.1 Å². The molecule has 0 unspecified atom stereocenters. The zero-order valence-electron chi connectivity index (χ0n) is 10.4. The summed E-state index contributed by atoms with van der Waals surface area (Å²) >= 11 is 8.37. The summed E-state index contributed by atoms with van der Waals surface area (Å²) in [5.41, 5.74) is 1.79. The SMILES string of the molecule is O=C(Cc1ccc2ccccc2c1)c1cc(Br)sc1Br. The molecular formula is C16H10Br2OS. The molecule has 0 aliphatic carbocycles. The molecule has 0 fully saturated rings. The number of Topliss-reactive ketones (excluding diaryl/α,β-unsaturated/α-hetero) is 1. The highest BCUT2D eigenvalue weighted by Crippen LogP contribution is 2.32. The first-order valence-corrected chi connectivity index (χ1v) is 8.49. The summed E-state index contributed by atoms with van der Waals surface area (Å²) in [7, 11) is 0. The molecule has 0 saturated heterocycles. The maximum Gasteiger partial charge on any atom is 0.169 e. The lowest BCUT2D eigenvalue weighted by Crippen LogP contribution is -2.02. The fourth-order valence-corrected chi connectivity index (χ4v) is 5.02. The lowest BCUT2D eigenvalue weighted by molar-refractivity contribution is 0.0993. The number of hydrogen-bond acceptors (Lipinski definition) is 2. The van der Waals surface area contributed by atoms with Gasteiger partial charge in [0.25, 0.3) is 0 Å². The minimum absolute atomic E-state index is 0.133. The monoisotopic (exact) mass is 408 g/mol. The maximum atomic E-state index is 12.3. The predicted octanol–water partition coefficient (Wildman–Crippen LogP) is 5.85. The molecular weight excluding hydrogens is 400 g/mol. The Kier molecular flexibility index (Phi) is 4.06. The van der Waals surface area contributed by atoms with E-state index in [0.717, 1.165) is 18.7 Å². The van der Waals surface area contributed by atoms with Crippen molar-refractivity contribution >= 4 is 59.8 Å². The minimum atomic E-state index is 0.133. The third kappa shape index (κ3) is 2.87. The van der Waals surface area contributed by atoms with Crippen molar-refractivity contribution in [3.05, 3.63) is 67.2 Å². The molecule has 20 heavy (non-hydrogen) atoms. The van der Waals surface area contributed by atoms with Crippen LogP contribution in [0.15, 0.2) is 56.1 Å². The van der Waals surface area contributed by atoms with Gasteiger partial charge < -0.3 is 0 Å². The van der Waals surface area contributed by atoms with Gasteiger partial charge in [0, 0.05) is 12.0 Å². The van der Waals surface area contributed by atoms with E-state index in [1.54, 1.807) is 0 Å². The highest BCUT2D eigenvalue weighted by molar-refractivity contribution is 9.12. The normalized spacial score (nSPS) is 10.9. The molecule has 2 aromatic carbocycles. The lowest BCUT2D eigenvalue weighted by Gasteiger charge is -2.03. The second-order valence-corrected chi connectivity index (χ2v) is 8.27. The van der Waals surface area contributed by atoms with E-state index in [0.29, 0.717) is 6.42 Å². The number of fused-ring (bicyclic) bond motifs is 1. The average Bonchev–Trinajstić information content (AvgIpc) is 2.78. The molecule has 3 rings (SSSR count). The van der Waals surface area contributed by atoms with Crippen molar-refractivity contribution in [2.24, 2.45) is 0 Å². The van der Waals surface area contributed by atoms with Crippen molar-refractivity contribution in [3.63, 3.8) is 0 Å². The van der Waals surface area contributed by atoms with E-state index in [9.17, 15) is 4.79 Å². The summed E-state index contributed by atoms with van der Waals surface area (Å²) in [6.45, 7) is 0. The molecule has 0 spiro atoms. The molecule has 1 nitrogen and oxygen atoms in total. The Hall–Kier alpha value is -0.970. The van der Waals surface area contributed by atoms with Gasteiger partial charge in [0.2, 0.25) is 0 Å². The van der Waals surface area contributed by atoms with Crippen LogP contribution >= 0.6 is 43.2 Å². The van der Waals surface area contributed by atoms with Crippen molar-refractivity contribution in [2.75, 3.05) is 0 Å². The zero-order chi connectivity index (χ0) is 14.1. The molecule has 0 saturated carbocycles. The van der Waals surface area contributed by atoms with Crippen LogP contribution in [-0.4, -0.2) is 5.78 Å². The first-order valence-electron chi connectivity index (χ1n) is 6.09. The minimum Gasteiger partial charge on any atom is -0.294 e. The maximum absolute atomic E-state index is 12.3. The summed E-state index contributed by atoms with van der Waals surface area (Å²) in [5.74, 6) is 0.133. The molecule has 0 atom stereocenters. The van der Waals surface area contributed by atoms with Gasteiger partial charge in [-0.3, -0.25) is 4.79 Å². The first-order chi connectivity index (χ1) is 9.63. The Bertz CT molecular complexity index is 792. The molecule has 3 aromatic rings. The second-order valence-electron chi connectivity index (χ2n) is 4.52. The van der Waals surface area contributed by atoms with Crippen LogP contribution in [0.1, 0.15) is 15.9 Å². The third-order valence-electron chi connectivity index (χ3n) is 3.14. The molecule has 100 valence electrons. The van der Waals surface area contributed by atoms with E-state index >= 15 is 0 Å². The van der Waals surface area contributed by atoms with Gasteiger partial charge in [-0.25, -0.2) is 0 Å². The molecule has 0 N–H and O–H groups in total. The molecule has 0 aliphatic rings. The first kappa shape index (κ1) is 14.0. The number of benzene rings is 2. The molecule has 0 amide bonds. The highest BCUT2D eigenvalue weighted by Gasteiger charge is 2.14. The Morgan fingerprint density at radius 2 is 1.75 bits per heavy atom. The van der Waals surface area contributed by atoms with Crippen molar-refractivity contribution in [3.8, 4) is 0 Å². The van der Waals surface area contributed by atoms with Gasteiger partial charge in [0.15, 0.2) is 5.78 Å². The van der Waals surface area contributed by atoms with Crippen LogP contribution in [0.5, 0.6) is 0 Å². The average molecular weight is 410 g/mol. The van der Waals surface area contributed by atoms with E-state index in [4.69, 9.17) is 0 Å². The van der Waals surface area contributed by atoms with Crippen LogP contribution in [0.25, 0.3) is 10.8 Å². The van der Waals surface area contributed by atoms with Crippen molar-refractivity contribution in [1.82, 2.24) is 0 Å². The van der Waals surface area contributed by atoms with E-state index in [-0.39, 0.29) is 5.78 Å². The van der Waals surface area contributed by atoms with E-state index < -0.39 is 0 Å². The number of thiophene rings is 1. The van der Waals surface area contributed by atoms with Gasteiger partial charge >= 0.3 is 0 Å². The number of ketones is 1. The molecule has 0 aliphatic heterocycles. The smallest absolute Gasteiger partial charge is 0.169 e. The number of rotatable bonds is 3. The van der Waals surface area contributed by atoms with Crippen LogP contribution in [0.2, 0.25) is 0 Å². The second kappa shape index (κ2) is 5.80. The molecule has 0 bridgehead atoms. The third-order valence-corrected chi connectivity index (χ3v) is 5.47. The van der Waals surface area contributed by atoms with Gasteiger partial charge in [-0.15, -0.1) is 11.3 Å². The van der Waals surface area contributed by atoms with Crippen LogP contribution in [0.3, 0.4) is 0 Å². The largest absolute Gasteiger partial charge is 0.294 e. The summed E-state index contributed by atoms with van der Waals surface area (Å²) in [5, 5.41) is 2.37. The summed E-state index contributed by atoms with van der Waals surface area (Å²) in [6.07, 6.45) is 0.423. The lowest BCUT2D eigenvalue weighted by atomic mass is 10.0. The fourth-order valence-electron chi connectivity index (χ4n) is 2.16. The van der Waals surface area contributed by atoms with Gasteiger partial charge in [-0.2, -0.15) is 0 Å². The van der Waals surface area contributed by atoms with E-state index in [2.05, 4.69) is 56.1 Å². The molecule has 0 radical (unpaired) electrons. The highest BCUT2D eigenvalue weighted by atomic mass is 79.9. The number of halogens is 2. The Morgan fingerprint density at radius 1 is 1.00 bits per heavy atom. The molecule has 4 heteroatoms. The number of carbonyl (C=O) groups excluding carboxylic acids is 1. The molecule has 1 aromatic heterocycles. The van der Waals surface area contributed by atoms with Crippen LogP contribution in [0.4, 0.5) is 0 Å². The predicted molar refractivity (Wildman–Crippen MR) is 91.7 cm³/mol. The van der Waals surface area contributed by atoms with Gasteiger partial charge in [-0.05, 0) is 54.3 Å². The zero-order valence-corrected chi connectivity index (χ0v) is 14.4. The van der Waals surface area contributed by atoms with Crippen LogP contribution < -0.4 is 0 Å². The van der Waals surface area contributed by atoms with Crippen molar-refractivity contribution < 1.29 is 4.79 Å².